The van der Waals surface area contributed by atoms with Crippen LogP contribution in [0.2, 0.25) is 0 Å². The summed E-state index contributed by atoms with van der Waals surface area (Å²) in [5.41, 5.74) is 5.03. The molecule has 174 valence electrons. The van der Waals surface area contributed by atoms with E-state index in [-0.39, 0.29) is 17.6 Å². The number of hydrogen-bond acceptors (Lipinski definition) is 3. The van der Waals surface area contributed by atoms with Crippen molar-refractivity contribution in [2.24, 2.45) is 0 Å². The lowest BCUT2D eigenvalue weighted by Crippen LogP contribution is -2.24. The number of anilines is 1. The number of carbonyl (C=O) groups excluding carboxylic acids is 1. The number of hydrogen-bond donors (Lipinski definition) is 0. The molecule has 6 heteroatoms. The van der Waals surface area contributed by atoms with Crippen LogP contribution in [0, 0.1) is 19.7 Å². The second kappa shape index (κ2) is 9.29. The summed E-state index contributed by atoms with van der Waals surface area (Å²) in [5, 5.41) is 0. The highest BCUT2D eigenvalue weighted by Gasteiger charge is 2.34. The lowest BCUT2D eigenvalue weighted by Gasteiger charge is -2.17. The van der Waals surface area contributed by atoms with Gasteiger partial charge in [-0.2, -0.15) is 0 Å². The van der Waals surface area contributed by atoms with Gasteiger partial charge in [-0.25, -0.2) is 9.37 Å². The van der Waals surface area contributed by atoms with Crippen LogP contribution in [0.1, 0.15) is 35.7 Å². The Bertz CT molecular complexity index is 1330. The van der Waals surface area contributed by atoms with Crippen LogP contribution in [0.5, 0.6) is 5.75 Å². The highest BCUT2D eigenvalue weighted by molar-refractivity contribution is 5.96. The Morgan fingerprint density at radius 3 is 2.68 bits per heavy atom. The molecule has 2 heterocycles. The molecular formula is C28H28FN3O2. The number of halogens is 1. The van der Waals surface area contributed by atoms with Gasteiger partial charge >= 0.3 is 0 Å². The highest BCUT2D eigenvalue weighted by atomic mass is 19.1. The number of para-hydroxylation sites is 2. The molecule has 1 fully saturated rings. The average Bonchev–Trinajstić information content (AvgIpc) is 3.40. The second-order valence-electron chi connectivity index (χ2n) is 8.96. The third-order valence-corrected chi connectivity index (χ3v) is 6.44. The van der Waals surface area contributed by atoms with E-state index in [1.807, 2.05) is 18.2 Å². The predicted octanol–water partition coefficient (Wildman–Crippen LogP) is 5.78. The van der Waals surface area contributed by atoms with Crippen LogP contribution < -0.4 is 9.64 Å². The van der Waals surface area contributed by atoms with E-state index in [0.717, 1.165) is 46.8 Å². The van der Waals surface area contributed by atoms with Crippen molar-refractivity contribution in [2.45, 2.75) is 39.2 Å². The van der Waals surface area contributed by atoms with Crippen molar-refractivity contribution in [3.63, 3.8) is 0 Å². The molecule has 5 rings (SSSR count). The van der Waals surface area contributed by atoms with Gasteiger partial charge in [0.15, 0.2) is 0 Å². The van der Waals surface area contributed by atoms with E-state index >= 15 is 0 Å². The minimum Gasteiger partial charge on any atom is -0.493 e. The third-order valence-electron chi connectivity index (χ3n) is 6.44. The van der Waals surface area contributed by atoms with Gasteiger partial charge < -0.3 is 14.2 Å². The van der Waals surface area contributed by atoms with Crippen LogP contribution in [0.4, 0.5) is 10.1 Å². The van der Waals surface area contributed by atoms with E-state index in [1.165, 1.54) is 17.7 Å². The summed E-state index contributed by atoms with van der Waals surface area (Å²) in [5.74, 6) is 1.55. The van der Waals surface area contributed by atoms with Gasteiger partial charge in [-0.3, -0.25) is 4.79 Å². The Morgan fingerprint density at radius 1 is 1.06 bits per heavy atom. The van der Waals surface area contributed by atoms with Crippen LogP contribution in [-0.4, -0.2) is 28.6 Å². The van der Waals surface area contributed by atoms with Crippen LogP contribution in [0.25, 0.3) is 11.0 Å². The molecule has 1 aliphatic rings. The van der Waals surface area contributed by atoms with Gasteiger partial charge in [-0.15, -0.1) is 0 Å². The summed E-state index contributed by atoms with van der Waals surface area (Å²) in [6.45, 7) is 6.00. The number of aryl methyl sites for hydroxylation is 3. The van der Waals surface area contributed by atoms with Gasteiger partial charge in [0.1, 0.15) is 17.4 Å². The van der Waals surface area contributed by atoms with Crippen molar-refractivity contribution in [2.75, 3.05) is 18.1 Å². The maximum atomic E-state index is 13.4. The highest BCUT2D eigenvalue weighted by Crippen LogP contribution is 2.33. The lowest BCUT2D eigenvalue weighted by molar-refractivity contribution is -0.117. The van der Waals surface area contributed by atoms with E-state index < -0.39 is 0 Å². The number of carbonyl (C=O) groups is 1. The average molecular weight is 458 g/mol. The molecule has 0 unspecified atom stereocenters. The number of benzene rings is 3. The van der Waals surface area contributed by atoms with Gasteiger partial charge in [0.05, 0.1) is 17.6 Å². The molecular weight excluding hydrogens is 429 g/mol. The van der Waals surface area contributed by atoms with E-state index in [1.54, 1.807) is 17.0 Å². The third kappa shape index (κ3) is 4.40. The minimum atomic E-state index is -0.309. The first-order valence-corrected chi connectivity index (χ1v) is 11.7. The summed E-state index contributed by atoms with van der Waals surface area (Å²) in [6, 6.07) is 20.4. The standard InChI is InChI=1S/C28H28FN3O2/c1-19-8-9-20(2)26(16-19)34-15-5-14-31-25-7-4-3-6-24(25)30-28(31)21-17-27(33)32(18-21)23-12-10-22(29)11-13-23/h3-4,6-13,16,21H,5,14-15,17-18H2,1-2H3/t21-/m0/s1. The zero-order chi connectivity index (χ0) is 23.7. The molecule has 0 aliphatic carbocycles. The first kappa shape index (κ1) is 22.1. The zero-order valence-electron chi connectivity index (χ0n) is 19.5. The fourth-order valence-electron chi connectivity index (χ4n) is 4.66. The molecule has 0 spiro atoms. The molecule has 1 aliphatic heterocycles. The number of ether oxygens (including phenoxy) is 1. The summed E-state index contributed by atoms with van der Waals surface area (Å²) < 4.78 is 21.7. The molecule has 1 amide bonds. The van der Waals surface area contributed by atoms with Crippen molar-refractivity contribution >= 4 is 22.6 Å². The SMILES string of the molecule is Cc1ccc(C)c(OCCCn2c([C@H]3CC(=O)N(c4ccc(F)cc4)C3)nc3ccccc32)c1. The quantitative estimate of drug-likeness (QED) is 0.331. The van der Waals surface area contributed by atoms with Gasteiger partial charge in [-0.1, -0.05) is 24.3 Å². The van der Waals surface area contributed by atoms with E-state index in [0.29, 0.717) is 19.6 Å². The summed E-state index contributed by atoms with van der Waals surface area (Å²) in [4.78, 5) is 19.5. The number of rotatable bonds is 7. The number of aromatic nitrogens is 2. The van der Waals surface area contributed by atoms with Crippen molar-refractivity contribution in [3.8, 4) is 5.75 Å². The van der Waals surface area contributed by atoms with Gasteiger partial charge in [0.25, 0.3) is 0 Å². The maximum absolute atomic E-state index is 13.4. The molecule has 1 atom stereocenters. The van der Waals surface area contributed by atoms with Crippen LogP contribution in [0.15, 0.2) is 66.7 Å². The number of fused-ring (bicyclic) bond motifs is 1. The summed E-state index contributed by atoms with van der Waals surface area (Å²) in [6.07, 6.45) is 1.21. The second-order valence-corrected chi connectivity index (χ2v) is 8.96. The van der Waals surface area contributed by atoms with Crippen molar-refractivity contribution < 1.29 is 13.9 Å². The molecule has 1 aromatic heterocycles. The first-order valence-electron chi connectivity index (χ1n) is 11.7. The molecule has 0 saturated carbocycles. The van der Waals surface area contributed by atoms with E-state index in [4.69, 9.17) is 9.72 Å². The molecule has 0 bridgehead atoms. The smallest absolute Gasteiger partial charge is 0.227 e. The number of nitrogens with zero attached hydrogens (tertiary/aromatic N) is 3. The zero-order valence-corrected chi connectivity index (χ0v) is 19.5. The fraction of sp³-hybridized carbons (Fsp3) is 0.286. The maximum Gasteiger partial charge on any atom is 0.227 e. The van der Waals surface area contributed by atoms with Crippen LogP contribution in [0.3, 0.4) is 0 Å². The Kier molecular flexibility index (Phi) is 6.05. The normalized spacial score (nSPS) is 15.9. The van der Waals surface area contributed by atoms with Crippen molar-refractivity contribution in [3.05, 3.63) is 89.5 Å². The summed E-state index contributed by atoms with van der Waals surface area (Å²) >= 11 is 0. The van der Waals surface area contributed by atoms with E-state index in [2.05, 4.69) is 42.7 Å². The molecule has 34 heavy (non-hydrogen) atoms. The Morgan fingerprint density at radius 2 is 1.85 bits per heavy atom. The predicted molar refractivity (Wildman–Crippen MR) is 132 cm³/mol. The largest absolute Gasteiger partial charge is 0.493 e. The van der Waals surface area contributed by atoms with E-state index in [9.17, 15) is 9.18 Å². The minimum absolute atomic E-state index is 0.0233. The Labute approximate surface area is 198 Å². The molecule has 5 nitrogen and oxygen atoms in total. The fourth-order valence-corrected chi connectivity index (χ4v) is 4.66. The van der Waals surface area contributed by atoms with Crippen molar-refractivity contribution in [1.82, 2.24) is 9.55 Å². The van der Waals surface area contributed by atoms with Crippen LogP contribution >= 0.6 is 0 Å². The molecule has 0 N–H and O–H groups in total. The molecule has 3 aromatic carbocycles. The number of imidazole rings is 1. The van der Waals surface area contributed by atoms with Crippen molar-refractivity contribution in [1.29, 1.82) is 0 Å². The topological polar surface area (TPSA) is 47.4 Å². The molecule has 0 radical (unpaired) electrons. The van der Waals surface area contributed by atoms with Gasteiger partial charge in [-0.05, 0) is 73.9 Å². The van der Waals surface area contributed by atoms with Crippen LogP contribution in [-0.2, 0) is 11.3 Å². The summed E-state index contributed by atoms with van der Waals surface area (Å²) in [7, 11) is 0. The Hall–Kier alpha value is -3.67. The first-order chi connectivity index (χ1) is 16.5. The Balaban J connectivity index is 1.34. The monoisotopic (exact) mass is 457 g/mol. The van der Waals surface area contributed by atoms with Gasteiger partial charge in [0, 0.05) is 31.1 Å². The number of amides is 1. The molecule has 1 saturated heterocycles. The van der Waals surface area contributed by atoms with Gasteiger partial charge in [0.2, 0.25) is 5.91 Å². The molecule has 4 aromatic rings. The lowest BCUT2D eigenvalue weighted by atomic mass is 10.1.